The summed E-state index contributed by atoms with van der Waals surface area (Å²) in [5.41, 5.74) is 0. The van der Waals surface area contributed by atoms with Crippen molar-refractivity contribution in [1.29, 1.82) is 0 Å². The molecular weight excluding hydrogens is 285 g/mol. The van der Waals surface area contributed by atoms with Crippen molar-refractivity contribution in [2.24, 2.45) is 29.6 Å². The first kappa shape index (κ1) is 18.1. The number of rotatable bonds is 5. The molecule has 2 aliphatic carbocycles. The van der Waals surface area contributed by atoms with E-state index in [9.17, 15) is 13.2 Å². The van der Waals surface area contributed by atoms with E-state index in [1.807, 2.05) is 0 Å². The van der Waals surface area contributed by atoms with Gasteiger partial charge in [0.2, 0.25) is 0 Å². The predicted molar refractivity (Wildman–Crippen MR) is 86.1 cm³/mol. The molecule has 2 fully saturated rings. The fraction of sp³-hybridized carbons (Fsp3) is 1.00. The van der Waals surface area contributed by atoms with Crippen molar-refractivity contribution in [3.63, 3.8) is 0 Å². The highest BCUT2D eigenvalue weighted by Crippen LogP contribution is 2.45. The first-order chi connectivity index (χ1) is 10.4. The normalized spacial score (nSPS) is 41.6. The molecule has 2 saturated carbocycles. The van der Waals surface area contributed by atoms with Gasteiger partial charge in [-0.25, -0.2) is 13.2 Å². The molecule has 22 heavy (non-hydrogen) atoms. The van der Waals surface area contributed by atoms with Crippen LogP contribution in [0.3, 0.4) is 0 Å². The van der Waals surface area contributed by atoms with Crippen LogP contribution in [-0.4, -0.2) is 18.5 Å². The Kier molecular flexibility index (Phi) is 6.64. The summed E-state index contributed by atoms with van der Waals surface area (Å²) in [5, 5.41) is 0. The SMILES string of the molecule is CC(C)CCC(C)C1CCC(C2CCC(F)CC2F)CC1F. The van der Waals surface area contributed by atoms with Crippen LogP contribution in [0.4, 0.5) is 13.2 Å². The van der Waals surface area contributed by atoms with Gasteiger partial charge in [0, 0.05) is 6.42 Å². The molecule has 3 heteroatoms. The minimum Gasteiger partial charge on any atom is -0.247 e. The maximum Gasteiger partial charge on any atom is 0.106 e. The molecule has 0 saturated heterocycles. The van der Waals surface area contributed by atoms with Crippen molar-refractivity contribution < 1.29 is 13.2 Å². The van der Waals surface area contributed by atoms with Gasteiger partial charge in [-0.2, -0.15) is 0 Å². The van der Waals surface area contributed by atoms with Gasteiger partial charge in [-0.15, -0.1) is 0 Å². The van der Waals surface area contributed by atoms with E-state index in [1.54, 1.807) is 0 Å². The first-order valence-electron chi connectivity index (χ1n) is 9.30. The molecule has 2 rings (SSSR count). The fourth-order valence-corrected chi connectivity index (χ4v) is 4.63. The number of halogens is 3. The summed E-state index contributed by atoms with van der Waals surface area (Å²) in [6.07, 6.45) is 2.82. The molecule has 0 aromatic carbocycles. The highest BCUT2D eigenvalue weighted by atomic mass is 19.1. The van der Waals surface area contributed by atoms with E-state index in [4.69, 9.17) is 0 Å². The minimum atomic E-state index is -1.06. The van der Waals surface area contributed by atoms with Gasteiger partial charge in [0.05, 0.1) is 0 Å². The number of alkyl halides is 3. The maximum atomic E-state index is 14.6. The van der Waals surface area contributed by atoms with Crippen LogP contribution < -0.4 is 0 Å². The topological polar surface area (TPSA) is 0 Å². The molecule has 0 heterocycles. The third-order valence-corrected chi connectivity index (χ3v) is 6.16. The second-order valence-corrected chi connectivity index (χ2v) is 8.29. The van der Waals surface area contributed by atoms with Gasteiger partial charge in [0.1, 0.15) is 18.5 Å². The van der Waals surface area contributed by atoms with Gasteiger partial charge in [-0.1, -0.05) is 33.6 Å². The van der Waals surface area contributed by atoms with Gasteiger partial charge in [-0.05, 0) is 61.7 Å². The first-order valence-corrected chi connectivity index (χ1v) is 9.30. The van der Waals surface area contributed by atoms with Crippen molar-refractivity contribution in [2.75, 3.05) is 0 Å². The van der Waals surface area contributed by atoms with E-state index in [0.29, 0.717) is 31.1 Å². The lowest BCUT2D eigenvalue weighted by molar-refractivity contribution is 0.0105. The maximum absolute atomic E-state index is 14.6. The van der Waals surface area contributed by atoms with Crippen molar-refractivity contribution >= 4 is 0 Å². The average Bonchev–Trinajstić information content (AvgIpc) is 2.44. The Morgan fingerprint density at radius 3 is 2.14 bits per heavy atom. The zero-order valence-corrected chi connectivity index (χ0v) is 14.4. The summed E-state index contributed by atoms with van der Waals surface area (Å²) >= 11 is 0. The van der Waals surface area contributed by atoms with Crippen molar-refractivity contribution in [2.45, 2.75) is 90.7 Å². The van der Waals surface area contributed by atoms with Gasteiger partial charge >= 0.3 is 0 Å². The largest absolute Gasteiger partial charge is 0.247 e. The molecule has 2 aliphatic rings. The Morgan fingerprint density at radius 2 is 1.55 bits per heavy atom. The van der Waals surface area contributed by atoms with E-state index < -0.39 is 18.5 Å². The van der Waals surface area contributed by atoms with Crippen LogP contribution in [0.2, 0.25) is 0 Å². The molecule has 0 aromatic rings. The molecule has 0 N–H and O–H groups in total. The van der Waals surface area contributed by atoms with Gasteiger partial charge < -0.3 is 0 Å². The molecule has 0 aliphatic heterocycles. The Bertz CT molecular complexity index is 331. The third-order valence-electron chi connectivity index (χ3n) is 6.16. The molecule has 0 amide bonds. The molecule has 0 bridgehead atoms. The van der Waals surface area contributed by atoms with Crippen LogP contribution in [-0.2, 0) is 0 Å². The minimum absolute atomic E-state index is 0.0341. The van der Waals surface area contributed by atoms with E-state index >= 15 is 0 Å². The van der Waals surface area contributed by atoms with Crippen LogP contribution in [0, 0.1) is 29.6 Å². The summed E-state index contributed by atoms with van der Waals surface area (Å²) in [6.45, 7) is 6.59. The zero-order valence-electron chi connectivity index (χ0n) is 14.4. The molecule has 0 spiro atoms. The Morgan fingerprint density at radius 1 is 0.818 bits per heavy atom. The zero-order chi connectivity index (χ0) is 16.3. The lowest BCUT2D eigenvalue weighted by Gasteiger charge is -2.41. The molecule has 7 unspecified atom stereocenters. The van der Waals surface area contributed by atoms with Crippen LogP contribution in [0.5, 0.6) is 0 Å². The van der Waals surface area contributed by atoms with Crippen molar-refractivity contribution in [1.82, 2.24) is 0 Å². The molecule has 7 atom stereocenters. The summed E-state index contributed by atoms with van der Waals surface area (Å²) in [7, 11) is 0. The van der Waals surface area contributed by atoms with Crippen LogP contribution in [0.25, 0.3) is 0 Å². The smallest absolute Gasteiger partial charge is 0.106 e. The van der Waals surface area contributed by atoms with Crippen LogP contribution in [0.1, 0.15) is 72.1 Å². The summed E-state index contributed by atoms with van der Waals surface area (Å²) < 4.78 is 42.0. The van der Waals surface area contributed by atoms with E-state index in [-0.39, 0.29) is 24.2 Å². The number of hydrogen-bond donors (Lipinski definition) is 0. The van der Waals surface area contributed by atoms with E-state index in [1.165, 1.54) is 0 Å². The average molecular weight is 318 g/mol. The summed E-state index contributed by atoms with van der Waals surface area (Å²) in [6, 6.07) is 0. The van der Waals surface area contributed by atoms with E-state index in [2.05, 4.69) is 20.8 Å². The van der Waals surface area contributed by atoms with Crippen LogP contribution >= 0.6 is 0 Å². The quantitative estimate of drug-likeness (QED) is 0.559. The van der Waals surface area contributed by atoms with E-state index in [0.717, 1.165) is 25.7 Å². The Hall–Kier alpha value is -0.210. The second-order valence-electron chi connectivity index (χ2n) is 8.29. The lowest BCUT2D eigenvalue weighted by Crippen LogP contribution is -2.39. The van der Waals surface area contributed by atoms with Crippen LogP contribution in [0.15, 0.2) is 0 Å². The molecular formula is C19H33F3. The second kappa shape index (κ2) is 8.06. The van der Waals surface area contributed by atoms with Gasteiger partial charge in [-0.3, -0.25) is 0 Å². The van der Waals surface area contributed by atoms with Crippen molar-refractivity contribution in [3.05, 3.63) is 0 Å². The van der Waals surface area contributed by atoms with Gasteiger partial charge in [0.15, 0.2) is 0 Å². The van der Waals surface area contributed by atoms with Crippen molar-refractivity contribution in [3.8, 4) is 0 Å². The predicted octanol–water partition coefficient (Wildman–Crippen LogP) is 6.29. The molecule has 0 nitrogen and oxygen atoms in total. The summed E-state index contributed by atoms with van der Waals surface area (Å²) in [5.74, 6) is 1.26. The highest BCUT2D eigenvalue weighted by molar-refractivity contribution is 4.91. The number of hydrogen-bond acceptors (Lipinski definition) is 0. The molecule has 130 valence electrons. The Labute approximate surface area is 134 Å². The summed E-state index contributed by atoms with van der Waals surface area (Å²) in [4.78, 5) is 0. The third kappa shape index (κ3) is 4.64. The Balaban J connectivity index is 1.84. The molecule has 0 aromatic heterocycles. The van der Waals surface area contributed by atoms with Gasteiger partial charge in [0.25, 0.3) is 0 Å². The fourth-order valence-electron chi connectivity index (χ4n) is 4.63. The highest BCUT2D eigenvalue weighted by Gasteiger charge is 2.41. The molecule has 0 radical (unpaired) electrons. The standard InChI is InChI=1S/C19H33F3/c1-12(2)4-5-13(3)16-8-6-14(10-18(16)21)17-9-7-15(20)11-19(17)22/h12-19H,4-11H2,1-3H3. The monoisotopic (exact) mass is 318 g/mol. The lowest BCUT2D eigenvalue weighted by atomic mass is 9.67.